The zero-order valence-electron chi connectivity index (χ0n) is 37.6. The second kappa shape index (κ2) is 15.8. The molecule has 0 radical (unpaired) electrons. The average molecular weight is 914 g/mol. The van der Waals surface area contributed by atoms with Crippen molar-refractivity contribution in [3.05, 3.63) is 304 Å². The first kappa shape index (κ1) is 40.0. The van der Waals surface area contributed by atoms with Gasteiger partial charge in [-0.05, 0) is 148 Å². The molecule has 0 bridgehead atoms. The van der Waals surface area contributed by atoms with Gasteiger partial charge in [0.05, 0.1) is 21.2 Å². The summed E-state index contributed by atoms with van der Waals surface area (Å²) >= 11 is 3.63. The predicted molar refractivity (Wildman–Crippen MR) is 292 cm³/mol. The fourth-order valence-corrected chi connectivity index (χ4v) is 14.0. The van der Waals surface area contributed by atoms with Gasteiger partial charge in [-0.2, -0.15) is 0 Å². The van der Waals surface area contributed by atoms with E-state index in [-0.39, 0.29) is 0 Å². The normalized spacial score (nSPS) is 13.7. The Kier molecular flexibility index (Phi) is 9.14. The highest BCUT2D eigenvalue weighted by Gasteiger charge is 2.48. The molecule has 324 valence electrons. The quantitative estimate of drug-likeness (QED) is 0.147. The molecule has 0 amide bonds. The number of thiophene rings is 2. The van der Waals surface area contributed by atoms with Crippen LogP contribution in [0.1, 0.15) is 44.5 Å². The van der Waals surface area contributed by atoms with E-state index < -0.39 is 10.8 Å². The Morgan fingerprint density at radius 3 is 1.28 bits per heavy atom. The molecule has 0 saturated carbocycles. The second-order valence-corrected chi connectivity index (χ2v) is 20.2. The lowest BCUT2D eigenvalue weighted by Crippen LogP contribution is -2.28. The van der Waals surface area contributed by atoms with E-state index in [9.17, 15) is 0 Å². The summed E-state index contributed by atoms with van der Waals surface area (Å²) in [5, 5.41) is 6.96. The summed E-state index contributed by atoms with van der Waals surface area (Å²) in [5.74, 6) is 0. The van der Waals surface area contributed by atoms with Crippen LogP contribution in [-0.4, -0.2) is 0 Å². The molecule has 2 aliphatic carbocycles. The molecular weight excluding hydrogens is 871 g/mol. The number of nitrogens with zero attached hydrogens (tertiary/aromatic N) is 1. The maximum absolute atomic E-state index is 2.52. The van der Waals surface area contributed by atoms with Crippen LogP contribution in [0.2, 0.25) is 0 Å². The number of benzene rings is 10. The Hall–Kier alpha value is -8.08. The Morgan fingerprint density at radius 1 is 0.290 bits per heavy atom. The van der Waals surface area contributed by atoms with E-state index in [2.05, 4.69) is 264 Å². The van der Waals surface area contributed by atoms with Crippen LogP contribution >= 0.6 is 22.7 Å². The zero-order chi connectivity index (χ0) is 45.5. The molecule has 0 spiro atoms. The highest BCUT2D eigenvalue weighted by molar-refractivity contribution is 7.18. The largest absolute Gasteiger partial charge is 0.309 e. The molecule has 0 saturated heterocycles. The lowest BCUT2D eigenvalue weighted by Gasteiger charge is -2.34. The minimum Gasteiger partial charge on any atom is -0.309 e. The predicted octanol–water partition coefficient (Wildman–Crippen LogP) is 18.0. The number of rotatable bonds is 8. The Labute approximate surface area is 410 Å². The van der Waals surface area contributed by atoms with Crippen LogP contribution in [0, 0.1) is 0 Å². The van der Waals surface area contributed by atoms with Gasteiger partial charge in [-0.15, -0.1) is 22.7 Å². The van der Waals surface area contributed by atoms with Crippen molar-refractivity contribution in [3.63, 3.8) is 0 Å². The molecule has 0 N–H and O–H groups in total. The van der Waals surface area contributed by atoms with E-state index in [1.54, 1.807) is 0 Å². The summed E-state index contributed by atoms with van der Waals surface area (Å²) in [5.41, 5.74) is 20.2. The van der Waals surface area contributed by atoms with Gasteiger partial charge in [0.15, 0.2) is 0 Å². The van der Waals surface area contributed by atoms with Crippen molar-refractivity contribution in [2.75, 3.05) is 4.90 Å². The van der Waals surface area contributed by atoms with Crippen molar-refractivity contribution < 1.29 is 0 Å². The minimum atomic E-state index is -0.534. The van der Waals surface area contributed by atoms with E-state index in [0.717, 1.165) is 11.4 Å². The summed E-state index contributed by atoms with van der Waals surface area (Å²) in [6.07, 6.45) is 0. The summed E-state index contributed by atoms with van der Waals surface area (Å²) in [7, 11) is 0. The number of hydrogen-bond acceptors (Lipinski definition) is 3. The Morgan fingerprint density at radius 2 is 0.710 bits per heavy atom. The van der Waals surface area contributed by atoms with E-state index in [1.807, 2.05) is 22.7 Å². The van der Waals surface area contributed by atoms with Crippen LogP contribution < -0.4 is 4.90 Å². The summed E-state index contributed by atoms with van der Waals surface area (Å²) in [4.78, 5) is 2.52. The molecule has 2 aliphatic rings. The molecule has 12 aromatic rings. The third-order valence-electron chi connectivity index (χ3n) is 15.0. The van der Waals surface area contributed by atoms with Crippen molar-refractivity contribution in [1.82, 2.24) is 0 Å². The van der Waals surface area contributed by atoms with Gasteiger partial charge in [0.25, 0.3) is 0 Å². The van der Waals surface area contributed by atoms with Crippen molar-refractivity contribution in [2.24, 2.45) is 0 Å². The van der Waals surface area contributed by atoms with Gasteiger partial charge in [-0.3, -0.25) is 0 Å². The number of anilines is 3. The van der Waals surface area contributed by atoms with Gasteiger partial charge in [-0.1, -0.05) is 200 Å². The molecule has 1 nitrogen and oxygen atoms in total. The van der Waals surface area contributed by atoms with Crippen molar-refractivity contribution >= 4 is 59.9 Å². The third kappa shape index (κ3) is 5.82. The highest BCUT2D eigenvalue weighted by Crippen LogP contribution is 2.60. The van der Waals surface area contributed by atoms with Crippen molar-refractivity contribution in [3.8, 4) is 33.4 Å². The van der Waals surface area contributed by atoms with Gasteiger partial charge < -0.3 is 4.90 Å². The van der Waals surface area contributed by atoms with E-state index >= 15 is 0 Å². The molecule has 0 atom stereocenters. The maximum atomic E-state index is 2.52. The fourth-order valence-electron chi connectivity index (χ4n) is 12.2. The maximum Gasteiger partial charge on any atom is 0.0713 e. The van der Waals surface area contributed by atoms with Crippen molar-refractivity contribution in [1.29, 1.82) is 0 Å². The summed E-state index contributed by atoms with van der Waals surface area (Å²) in [6, 6.07) is 93.3. The molecule has 10 aromatic carbocycles. The second-order valence-electron chi connectivity index (χ2n) is 18.3. The number of hydrogen-bond donors (Lipinski definition) is 0. The van der Waals surface area contributed by atoms with Crippen LogP contribution in [0.4, 0.5) is 17.1 Å². The SMILES string of the molecule is c1ccc(C2(c3ccccc3)c3ccccc3-c3cc(N(c4ccc5c(c4)-c4cc(-c6cccc7ccsc67)ccc4C5(c4ccccc4)c4ccccc4)c4cccc5ccsc45)ccc32)cc1. The molecule has 0 fully saturated rings. The molecule has 3 heteroatoms. The Balaban J connectivity index is 1.04. The monoisotopic (exact) mass is 913 g/mol. The van der Waals surface area contributed by atoms with Crippen LogP contribution in [0.3, 0.4) is 0 Å². The van der Waals surface area contributed by atoms with E-state index in [1.165, 1.54) is 104 Å². The molecular formula is C66H43NS2. The highest BCUT2D eigenvalue weighted by atomic mass is 32.1. The summed E-state index contributed by atoms with van der Waals surface area (Å²) < 4.78 is 2.58. The van der Waals surface area contributed by atoms with E-state index in [4.69, 9.17) is 0 Å². The van der Waals surface area contributed by atoms with Crippen LogP contribution in [0.5, 0.6) is 0 Å². The summed E-state index contributed by atoms with van der Waals surface area (Å²) in [6.45, 7) is 0. The standard InChI is InChI=1S/C66H43NS2/c1-5-19-47(20-6-1)65(48-21-7-2-8-22-48)58-29-14-13-27-54(58)56-42-51(32-35-60(56)65)67(62-30-16-18-45-38-40-69-64(45)62)52-33-36-61-57(43-52)55-41-46(53-28-15-17-44-37-39-68-63(44)53)31-34-59(55)66(61,49-23-9-3-10-24-49)50-25-11-4-12-26-50/h1-43H. The average Bonchev–Trinajstić information content (AvgIpc) is 4.23. The first-order valence-corrected chi connectivity index (χ1v) is 25.5. The smallest absolute Gasteiger partial charge is 0.0713 e. The zero-order valence-corrected chi connectivity index (χ0v) is 39.2. The molecule has 2 aromatic heterocycles. The van der Waals surface area contributed by atoms with Gasteiger partial charge in [-0.25, -0.2) is 0 Å². The molecule has 0 aliphatic heterocycles. The topological polar surface area (TPSA) is 3.24 Å². The van der Waals surface area contributed by atoms with Crippen LogP contribution in [-0.2, 0) is 10.8 Å². The first-order valence-electron chi connectivity index (χ1n) is 23.7. The third-order valence-corrected chi connectivity index (χ3v) is 16.9. The van der Waals surface area contributed by atoms with Gasteiger partial charge >= 0.3 is 0 Å². The molecule has 0 unspecified atom stereocenters. The van der Waals surface area contributed by atoms with Crippen molar-refractivity contribution in [2.45, 2.75) is 10.8 Å². The molecule has 69 heavy (non-hydrogen) atoms. The molecule has 2 heterocycles. The van der Waals surface area contributed by atoms with Crippen LogP contribution in [0.15, 0.2) is 259 Å². The first-order chi connectivity index (χ1) is 34.2. The lowest BCUT2D eigenvalue weighted by molar-refractivity contribution is 0.768. The fraction of sp³-hybridized carbons (Fsp3) is 0.0303. The van der Waals surface area contributed by atoms with Gasteiger partial charge in [0.2, 0.25) is 0 Å². The lowest BCUT2D eigenvalue weighted by atomic mass is 9.67. The van der Waals surface area contributed by atoms with Gasteiger partial charge in [0.1, 0.15) is 0 Å². The Bertz CT molecular complexity index is 3830. The number of fused-ring (bicyclic) bond motifs is 8. The minimum absolute atomic E-state index is 0.480. The van der Waals surface area contributed by atoms with Gasteiger partial charge in [0, 0.05) is 16.1 Å². The van der Waals surface area contributed by atoms with E-state index in [0.29, 0.717) is 0 Å². The van der Waals surface area contributed by atoms with Crippen LogP contribution in [0.25, 0.3) is 53.6 Å². The molecule has 14 rings (SSSR count).